The van der Waals surface area contributed by atoms with Crippen LogP contribution in [0.5, 0.6) is 0 Å². The van der Waals surface area contributed by atoms with E-state index in [1.165, 1.54) is 3.57 Å². The summed E-state index contributed by atoms with van der Waals surface area (Å²) in [5.74, 6) is 0.886. The maximum absolute atomic E-state index is 11.2. The SMILES string of the molecule is O=C1CSc2cc(I)ccc21. The van der Waals surface area contributed by atoms with Crippen LogP contribution in [0.1, 0.15) is 10.4 Å². The Hall–Kier alpha value is -0.0300. The van der Waals surface area contributed by atoms with Gasteiger partial charge < -0.3 is 0 Å². The predicted molar refractivity (Wildman–Crippen MR) is 54.2 cm³/mol. The molecular formula is C8H5IOS. The number of thioether (sulfide) groups is 1. The maximum Gasteiger partial charge on any atom is 0.174 e. The molecule has 1 nitrogen and oxygen atoms in total. The zero-order valence-corrected chi connectivity index (χ0v) is 8.61. The average molecular weight is 276 g/mol. The number of halogens is 1. The van der Waals surface area contributed by atoms with Crippen molar-refractivity contribution in [2.24, 2.45) is 0 Å². The largest absolute Gasteiger partial charge is 0.293 e. The molecule has 3 heteroatoms. The molecule has 0 radical (unpaired) electrons. The Kier molecular flexibility index (Phi) is 1.93. The van der Waals surface area contributed by atoms with Gasteiger partial charge in [-0.3, -0.25) is 4.79 Å². The lowest BCUT2D eigenvalue weighted by atomic mass is 10.2. The van der Waals surface area contributed by atoms with Crippen LogP contribution in [-0.4, -0.2) is 11.5 Å². The molecule has 0 N–H and O–H groups in total. The van der Waals surface area contributed by atoms with Gasteiger partial charge in [-0.05, 0) is 40.8 Å². The summed E-state index contributed by atoms with van der Waals surface area (Å²) in [6.45, 7) is 0. The highest BCUT2D eigenvalue weighted by Gasteiger charge is 2.19. The molecule has 0 saturated heterocycles. The summed E-state index contributed by atoms with van der Waals surface area (Å²) in [7, 11) is 0. The molecule has 56 valence electrons. The summed E-state index contributed by atoms with van der Waals surface area (Å²) in [6.07, 6.45) is 0. The van der Waals surface area contributed by atoms with Gasteiger partial charge in [-0.25, -0.2) is 0 Å². The number of ketones is 1. The zero-order valence-electron chi connectivity index (χ0n) is 5.63. The molecule has 11 heavy (non-hydrogen) atoms. The number of benzene rings is 1. The number of fused-ring (bicyclic) bond motifs is 1. The Morgan fingerprint density at radius 1 is 1.45 bits per heavy atom. The molecule has 1 aliphatic heterocycles. The first-order chi connectivity index (χ1) is 5.27. The van der Waals surface area contributed by atoms with Crippen molar-refractivity contribution in [2.45, 2.75) is 4.90 Å². The fourth-order valence-electron chi connectivity index (χ4n) is 1.07. The first-order valence-corrected chi connectivity index (χ1v) is 5.29. The highest BCUT2D eigenvalue weighted by Crippen LogP contribution is 2.31. The lowest BCUT2D eigenvalue weighted by molar-refractivity contribution is 0.102. The third-order valence-electron chi connectivity index (χ3n) is 1.60. The van der Waals surface area contributed by atoms with Crippen molar-refractivity contribution in [2.75, 3.05) is 5.75 Å². The van der Waals surface area contributed by atoms with Crippen LogP contribution in [0.4, 0.5) is 0 Å². The molecule has 0 bridgehead atoms. The fourth-order valence-corrected chi connectivity index (χ4v) is 2.76. The number of rotatable bonds is 0. The molecular weight excluding hydrogens is 271 g/mol. The van der Waals surface area contributed by atoms with Gasteiger partial charge in [0.2, 0.25) is 0 Å². The second-order valence-corrected chi connectivity index (χ2v) is 4.62. The molecule has 0 amide bonds. The molecule has 0 aliphatic carbocycles. The van der Waals surface area contributed by atoms with Crippen molar-refractivity contribution in [3.8, 4) is 0 Å². The third-order valence-corrected chi connectivity index (χ3v) is 3.33. The minimum atomic E-state index is 0.265. The molecule has 1 heterocycles. The Balaban J connectivity index is 2.59. The van der Waals surface area contributed by atoms with Crippen molar-refractivity contribution in [3.05, 3.63) is 27.3 Å². The van der Waals surface area contributed by atoms with E-state index >= 15 is 0 Å². The first-order valence-electron chi connectivity index (χ1n) is 3.23. The second kappa shape index (κ2) is 2.79. The maximum atomic E-state index is 11.2. The number of carbonyl (C=O) groups excluding carboxylic acids is 1. The van der Waals surface area contributed by atoms with E-state index in [0.717, 1.165) is 10.5 Å². The Morgan fingerprint density at radius 2 is 2.27 bits per heavy atom. The van der Waals surface area contributed by atoms with E-state index in [1.807, 2.05) is 12.1 Å². The number of hydrogen-bond donors (Lipinski definition) is 0. The molecule has 2 rings (SSSR count). The van der Waals surface area contributed by atoms with Crippen LogP contribution < -0.4 is 0 Å². The van der Waals surface area contributed by atoms with E-state index in [1.54, 1.807) is 11.8 Å². The van der Waals surface area contributed by atoms with E-state index in [9.17, 15) is 4.79 Å². The number of carbonyl (C=O) groups is 1. The minimum Gasteiger partial charge on any atom is -0.293 e. The van der Waals surface area contributed by atoms with Crippen molar-refractivity contribution < 1.29 is 4.79 Å². The molecule has 0 atom stereocenters. The highest BCUT2D eigenvalue weighted by molar-refractivity contribution is 14.1. The van der Waals surface area contributed by atoms with Gasteiger partial charge in [0.15, 0.2) is 5.78 Å². The Bertz CT molecular complexity index is 322. The van der Waals surface area contributed by atoms with Gasteiger partial charge in [0.25, 0.3) is 0 Å². The second-order valence-electron chi connectivity index (χ2n) is 2.35. The lowest BCUT2D eigenvalue weighted by Crippen LogP contribution is -1.93. The van der Waals surface area contributed by atoms with Crippen molar-refractivity contribution in [3.63, 3.8) is 0 Å². The normalized spacial score (nSPS) is 15.2. The molecule has 0 saturated carbocycles. The van der Waals surface area contributed by atoms with Gasteiger partial charge in [0.1, 0.15) is 0 Å². The van der Waals surface area contributed by atoms with Gasteiger partial charge in [-0.1, -0.05) is 0 Å². The summed E-state index contributed by atoms with van der Waals surface area (Å²) < 4.78 is 1.20. The number of Topliss-reactive ketones (excluding diaryl/α,β-unsaturated/α-hetero) is 1. The van der Waals surface area contributed by atoms with Crippen molar-refractivity contribution in [1.82, 2.24) is 0 Å². The predicted octanol–water partition coefficient (Wildman–Crippen LogP) is 2.58. The van der Waals surface area contributed by atoms with Crippen molar-refractivity contribution in [1.29, 1.82) is 0 Å². The molecule has 0 unspecified atom stereocenters. The van der Waals surface area contributed by atoms with Crippen LogP contribution in [0, 0.1) is 3.57 Å². The van der Waals surface area contributed by atoms with E-state index in [2.05, 4.69) is 28.7 Å². The molecule has 1 aromatic rings. The summed E-state index contributed by atoms with van der Waals surface area (Å²) in [4.78, 5) is 12.3. The lowest BCUT2D eigenvalue weighted by Gasteiger charge is -1.95. The summed E-state index contributed by atoms with van der Waals surface area (Å²) in [5.41, 5.74) is 0.899. The summed E-state index contributed by atoms with van der Waals surface area (Å²) >= 11 is 3.89. The van der Waals surface area contributed by atoms with E-state index in [0.29, 0.717) is 5.75 Å². The van der Waals surface area contributed by atoms with Crippen LogP contribution >= 0.6 is 34.4 Å². The quantitative estimate of drug-likeness (QED) is 0.677. The monoisotopic (exact) mass is 276 g/mol. The number of hydrogen-bond acceptors (Lipinski definition) is 2. The van der Waals surface area contributed by atoms with Crippen LogP contribution in [-0.2, 0) is 0 Å². The van der Waals surface area contributed by atoms with Gasteiger partial charge in [0.05, 0.1) is 5.75 Å². The smallest absolute Gasteiger partial charge is 0.174 e. The first kappa shape index (κ1) is 7.61. The van der Waals surface area contributed by atoms with Gasteiger partial charge >= 0.3 is 0 Å². The van der Waals surface area contributed by atoms with Crippen LogP contribution in [0.2, 0.25) is 0 Å². The molecule has 1 aliphatic rings. The van der Waals surface area contributed by atoms with E-state index in [4.69, 9.17) is 0 Å². The molecule has 0 spiro atoms. The van der Waals surface area contributed by atoms with Crippen LogP contribution in [0.15, 0.2) is 23.1 Å². The topological polar surface area (TPSA) is 17.1 Å². The van der Waals surface area contributed by atoms with E-state index in [-0.39, 0.29) is 5.78 Å². The minimum absolute atomic E-state index is 0.265. The molecule has 0 fully saturated rings. The standard InChI is InChI=1S/C8H5IOS/c9-5-1-2-6-7(10)4-11-8(6)3-5/h1-3H,4H2. The van der Waals surface area contributed by atoms with Crippen molar-refractivity contribution >= 4 is 40.1 Å². The zero-order chi connectivity index (χ0) is 7.84. The van der Waals surface area contributed by atoms with E-state index < -0.39 is 0 Å². The third kappa shape index (κ3) is 1.31. The summed E-state index contributed by atoms with van der Waals surface area (Å²) in [6, 6.07) is 5.95. The van der Waals surface area contributed by atoms with Crippen LogP contribution in [0.25, 0.3) is 0 Å². The highest BCUT2D eigenvalue weighted by atomic mass is 127. The Morgan fingerprint density at radius 3 is 3.09 bits per heavy atom. The average Bonchev–Trinajstić information content (AvgIpc) is 2.32. The summed E-state index contributed by atoms with van der Waals surface area (Å²) in [5, 5.41) is 0. The van der Waals surface area contributed by atoms with Crippen LogP contribution in [0.3, 0.4) is 0 Å². The van der Waals surface area contributed by atoms with Gasteiger partial charge in [-0.15, -0.1) is 11.8 Å². The fraction of sp³-hybridized carbons (Fsp3) is 0.125. The molecule has 0 aromatic heterocycles. The van der Waals surface area contributed by atoms with Gasteiger partial charge in [-0.2, -0.15) is 0 Å². The Labute approximate surface area is 82.7 Å². The molecule has 1 aromatic carbocycles. The van der Waals surface area contributed by atoms with Gasteiger partial charge in [0, 0.05) is 14.0 Å².